The number of hydrogen-bond acceptors (Lipinski definition) is 11. The Balaban J connectivity index is 1.60. The van der Waals surface area contributed by atoms with Gasteiger partial charge in [0.05, 0.1) is 25.7 Å². The predicted molar refractivity (Wildman–Crippen MR) is 115 cm³/mol. The molecule has 2 N–H and O–H groups in total. The van der Waals surface area contributed by atoms with Gasteiger partial charge in [0.2, 0.25) is 11.7 Å². The number of fused-ring (bicyclic) bond motifs is 3. The Morgan fingerprint density at radius 1 is 1.19 bits per heavy atom. The third kappa shape index (κ3) is 2.48. The van der Waals surface area contributed by atoms with Crippen LogP contribution in [0.5, 0.6) is 0 Å². The maximum atomic E-state index is 13.2. The van der Waals surface area contributed by atoms with E-state index < -0.39 is 76.6 Å². The average Bonchev–Trinajstić information content (AvgIpc) is 3.33. The van der Waals surface area contributed by atoms with Gasteiger partial charge in [-0.2, -0.15) is 0 Å². The third-order valence-corrected chi connectivity index (χ3v) is 9.72. The van der Waals surface area contributed by atoms with Gasteiger partial charge in [0, 0.05) is 29.9 Å². The molecule has 1 spiro atoms. The Bertz CT molecular complexity index is 1160. The number of hydrogen-bond donors (Lipinski definition) is 2. The first-order valence-electron chi connectivity index (χ1n) is 12.1. The van der Waals surface area contributed by atoms with Gasteiger partial charge in [-0.25, -0.2) is 14.4 Å². The van der Waals surface area contributed by atoms with Gasteiger partial charge in [-0.15, -0.1) is 0 Å². The van der Waals surface area contributed by atoms with Crippen molar-refractivity contribution >= 4 is 23.9 Å². The Labute approximate surface area is 206 Å². The maximum Gasteiger partial charge on any atom is 0.348 e. The van der Waals surface area contributed by atoms with E-state index in [1.807, 2.05) is 13.8 Å². The lowest BCUT2D eigenvalue weighted by Gasteiger charge is -2.67. The fraction of sp³-hybridized carbons (Fsp3) is 0.680. The van der Waals surface area contributed by atoms with E-state index in [1.165, 1.54) is 6.08 Å². The number of aliphatic hydroxyl groups excluding tert-OH is 2. The Hall–Kier alpha value is -2.76. The monoisotopic (exact) mass is 504 g/mol. The smallest absolute Gasteiger partial charge is 0.348 e. The highest BCUT2D eigenvalue weighted by Crippen LogP contribution is 2.73. The van der Waals surface area contributed by atoms with Crippen molar-refractivity contribution in [2.45, 2.75) is 57.2 Å². The molecule has 2 saturated carbocycles. The van der Waals surface area contributed by atoms with Crippen LogP contribution in [0.2, 0.25) is 0 Å². The van der Waals surface area contributed by atoms with E-state index in [2.05, 4.69) is 0 Å². The summed E-state index contributed by atoms with van der Waals surface area (Å²) in [7, 11) is 1.11. The first-order valence-corrected chi connectivity index (χ1v) is 12.1. The molecule has 11 heteroatoms. The van der Waals surface area contributed by atoms with Crippen LogP contribution in [0.1, 0.15) is 27.2 Å². The molecule has 3 unspecified atom stereocenters. The van der Waals surface area contributed by atoms with Crippen molar-refractivity contribution in [2.75, 3.05) is 13.7 Å². The number of carbonyl (C=O) groups excluding carboxylic acids is 4. The molecule has 11 nitrogen and oxygen atoms in total. The highest BCUT2D eigenvalue weighted by molar-refractivity contribution is 5.89. The molecule has 0 radical (unpaired) electrons. The van der Waals surface area contributed by atoms with Crippen molar-refractivity contribution in [2.24, 2.45) is 34.5 Å². The van der Waals surface area contributed by atoms with E-state index in [9.17, 15) is 29.4 Å². The van der Waals surface area contributed by atoms with Gasteiger partial charge in [0.25, 0.3) is 0 Å². The second-order valence-electron chi connectivity index (χ2n) is 11.1. The Kier molecular flexibility index (Phi) is 4.71. The number of allylic oxidation sites excluding steroid dienone is 2. The fourth-order valence-electron chi connectivity index (χ4n) is 8.58. The molecular formula is C25H28O11. The van der Waals surface area contributed by atoms with E-state index in [-0.39, 0.29) is 18.4 Å². The van der Waals surface area contributed by atoms with Crippen LogP contribution in [0.4, 0.5) is 0 Å². The summed E-state index contributed by atoms with van der Waals surface area (Å²) in [6.07, 6.45) is -2.08. The van der Waals surface area contributed by atoms with Crippen LogP contribution in [0, 0.1) is 34.5 Å². The third-order valence-electron chi connectivity index (χ3n) is 9.72. The molecule has 3 aliphatic heterocycles. The molecule has 2 bridgehead atoms. The molecule has 6 aliphatic rings. The zero-order chi connectivity index (χ0) is 25.9. The van der Waals surface area contributed by atoms with Crippen LogP contribution in [-0.4, -0.2) is 77.8 Å². The summed E-state index contributed by atoms with van der Waals surface area (Å²) in [6, 6.07) is 0. The maximum absolute atomic E-state index is 13.2. The normalized spacial score (nSPS) is 49.9. The summed E-state index contributed by atoms with van der Waals surface area (Å²) in [6.45, 7) is 4.84. The molecule has 0 amide bonds. The van der Waals surface area contributed by atoms with Crippen molar-refractivity contribution in [1.82, 2.24) is 0 Å². The molecule has 194 valence electrons. The van der Waals surface area contributed by atoms with Crippen molar-refractivity contribution in [3.63, 3.8) is 0 Å². The molecule has 3 aliphatic carbocycles. The standard InChI is InChI=1S/C25H28O11/c1-9-11-5-15(27)35-13(11)7-23(3)12(9)6-14-24-8-33-25(22(31)32-4,20(29)16(28)18(23)24)19(24)17(21(30)36-14)34-10(2)26/h5,7,9,12,14,16-20,28-29H,6,8H2,1-4H3/t9-,12?,14-,16?,17-,18?,19-,20+,23+,24-,25-/m1/s1. The second-order valence-corrected chi connectivity index (χ2v) is 11.1. The van der Waals surface area contributed by atoms with Crippen LogP contribution < -0.4 is 0 Å². The molecule has 0 aromatic carbocycles. The quantitative estimate of drug-likeness (QED) is 0.379. The minimum atomic E-state index is -2.15. The lowest BCUT2D eigenvalue weighted by Crippen LogP contribution is -2.79. The van der Waals surface area contributed by atoms with Crippen LogP contribution >= 0.6 is 0 Å². The first-order chi connectivity index (χ1) is 16.9. The number of esters is 4. The minimum absolute atomic E-state index is 0.149. The molecule has 2 saturated heterocycles. The van der Waals surface area contributed by atoms with Crippen molar-refractivity contribution in [1.29, 1.82) is 0 Å². The van der Waals surface area contributed by atoms with Gasteiger partial charge in [-0.3, -0.25) is 4.79 Å². The summed E-state index contributed by atoms with van der Waals surface area (Å²) >= 11 is 0. The topological polar surface area (TPSA) is 155 Å². The summed E-state index contributed by atoms with van der Waals surface area (Å²) in [5.74, 6) is -5.08. The van der Waals surface area contributed by atoms with E-state index in [4.69, 9.17) is 23.7 Å². The van der Waals surface area contributed by atoms with Crippen LogP contribution in [0.3, 0.4) is 0 Å². The number of rotatable bonds is 2. The molecular weight excluding hydrogens is 476 g/mol. The molecule has 6 rings (SSSR count). The van der Waals surface area contributed by atoms with E-state index in [0.717, 1.165) is 19.6 Å². The minimum Gasteiger partial charge on any atom is -0.467 e. The van der Waals surface area contributed by atoms with Gasteiger partial charge in [0.15, 0.2) is 0 Å². The van der Waals surface area contributed by atoms with Crippen LogP contribution in [0.25, 0.3) is 0 Å². The van der Waals surface area contributed by atoms with Crippen molar-refractivity contribution < 1.29 is 53.1 Å². The lowest BCUT2D eigenvalue weighted by molar-refractivity contribution is -0.288. The fourth-order valence-corrected chi connectivity index (χ4v) is 8.58. The van der Waals surface area contributed by atoms with Gasteiger partial charge in [0.1, 0.15) is 18.0 Å². The number of aliphatic hydroxyl groups is 2. The zero-order valence-electron chi connectivity index (χ0n) is 20.3. The van der Waals surface area contributed by atoms with Gasteiger partial charge in [-0.1, -0.05) is 13.8 Å². The molecule has 11 atom stereocenters. The Morgan fingerprint density at radius 3 is 2.58 bits per heavy atom. The molecule has 0 aromatic heterocycles. The molecule has 0 aromatic rings. The molecule has 4 fully saturated rings. The summed E-state index contributed by atoms with van der Waals surface area (Å²) in [4.78, 5) is 50.6. The van der Waals surface area contributed by atoms with Gasteiger partial charge < -0.3 is 33.9 Å². The number of methoxy groups -OCH3 is 1. The summed E-state index contributed by atoms with van der Waals surface area (Å²) in [5.41, 5.74) is -3.49. The predicted octanol–water partition coefficient (Wildman–Crippen LogP) is -0.217. The van der Waals surface area contributed by atoms with E-state index in [1.54, 1.807) is 6.08 Å². The van der Waals surface area contributed by atoms with E-state index >= 15 is 0 Å². The van der Waals surface area contributed by atoms with Crippen LogP contribution in [0.15, 0.2) is 23.5 Å². The highest BCUT2D eigenvalue weighted by atomic mass is 16.6. The molecule has 36 heavy (non-hydrogen) atoms. The van der Waals surface area contributed by atoms with Gasteiger partial charge >= 0.3 is 23.9 Å². The SMILES string of the molecule is COC(=O)[C@]12OC[C@]34C(C(O)[C@@H]1O)[C@@]1(C)C=C5OC(=O)C=C5[C@@H](C)C1C[C@H]3OC(=O)[C@H](OC(C)=O)[C@@H]24. The summed E-state index contributed by atoms with van der Waals surface area (Å²) < 4.78 is 27.8. The van der Waals surface area contributed by atoms with Crippen molar-refractivity contribution in [3.8, 4) is 0 Å². The molecule has 3 heterocycles. The number of carbonyl (C=O) groups is 4. The Morgan fingerprint density at radius 2 is 1.92 bits per heavy atom. The largest absolute Gasteiger partial charge is 0.467 e. The zero-order valence-corrected chi connectivity index (χ0v) is 20.3. The van der Waals surface area contributed by atoms with Crippen LogP contribution in [-0.2, 0) is 42.9 Å². The first kappa shape index (κ1) is 23.6. The second kappa shape index (κ2) is 7.17. The average molecular weight is 504 g/mol. The highest BCUT2D eigenvalue weighted by Gasteiger charge is 2.85. The van der Waals surface area contributed by atoms with E-state index in [0.29, 0.717) is 12.2 Å². The number of ether oxygens (including phenoxy) is 5. The van der Waals surface area contributed by atoms with Gasteiger partial charge in [-0.05, 0) is 29.7 Å². The lowest BCUT2D eigenvalue weighted by atomic mass is 9.38. The van der Waals surface area contributed by atoms with Crippen molar-refractivity contribution in [3.05, 3.63) is 23.5 Å². The summed E-state index contributed by atoms with van der Waals surface area (Å²) in [5, 5.41) is 23.2.